The van der Waals surface area contributed by atoms with E-state index in [-0.39, 0.29) is 25.5 Å². The van der Waals surface area contributed by atoms with Crippen molar-refractivity contribution >= 4 is 12.1 Å². The fourth-order valence-corrected chi connectivity index (χ4v) is 2.09. The maximum atomic E-state index is 12.5. The number of carbonyl (C=O) groups excluding carboxylic acids is 2. The van der Waals surface area contributed by atoms with E-state index in [1.807, 2.05) is 0 Å². The van der Waals surface area contributed by atoms with E-state index in [2.05, 4.69) is 6.07 Å². The third-order valence-electron chi connectivity index (χ3n) is 3.11. The van der Waals surface area contributed by atoms with E-state index in [0.29, 0.717) is 5.56 Å². The van der Waals surface area contributed by atoms with Crippen LogP contribution in [0.1, 0.15) is 59.1 Å². The third-order valence-corrected chi connectivity index (χ3v) is 3.11. The lowest BCUT2D eigenvalue weighted by molar-refractivity contribution is -0.155. The maximum absolute atomic E-state index is 12.5. The Labute approximate surface area is 155 Å². The molecule has 6 nitrogen and oxygen atoms in total. The summed E-state index contributed by atoms with van der Waals surface area (Å²) in [5.41, 5.74) is 0.192. The highest BCUT2D eigenvalue weighted by Gasteiger charge is 2.24. The second-order valence-corrected chi connectivity index (χ2v) is 8.05. The van der Waals surface area contributed by atoms with Gasteiger partial charge in [0.15, 0.2) is 0 Å². The van der Waals surface area contributed by atoms with Crippen molar-refractivity contribution in [3.63, 3.8) is 0 Å². The van der Waals surface area contributed by atoms with Crippen molar-refractivity contribution in [3.05, 3.63) is 35.4 Å². The Morgan fingerprint density at radius 1 is 1.00 bits per heavy atom. The van der Waals surface area contributed by atoms with Gasteiger partial charge < -0.3 is 14.4 Å². The Morgan fingerprint density at radius 2 is 1.54 bits per heavy atom. The highest BCUT2D eigenvalue weighted by molar-refractivity contribution is 5.72. The number of hydrogen-bond acceptors (Lipinski definition) is 5. The Morgan fingerprint density at radius 3 is 2.00 bits per heavy atom. The number of benzene rings is 1. The molecule has 1 aromatic carbocycles. The average molecular weight is 360 g/mol. The molecule has 0 saturated heterocycles. The van der Waals surface area contributed by atoms with Crippen LogP contribution in [-0.2, 0) is 20.8 Å². The summed E-state index contributed by atoms with van der Waals surface area (Å²) in [5, 5.41) is 8.88. The van der Waals surface area contributed by atoms with Crippen molar-refractivity contribution in [2.24, 2.45) is 0 Å². The maximum Gasteiger partial charge on any atom is 0.410 e. The van der Waals surface area contributed by atoms with Gasteiger partial charge in [-0.1, -0.05) is 12.1 Å². The van der Waals surface area contributed by atoms with Crippen molar-refractivity contribution in [1.82, 2.24) is 4.90 Å². The van der Waals surface area contributed by atoms with Crippen LogP contribution in [0.3, 0.4) is 0 Å². The molecule has 0 aromatic heterocycles. The molecule has 0 bridgehead atoms. The van der Waals surface area contributed by atoms with Crippen LogP contribution in [0.2, 0.25) is 0 Å². The molecule has 142 valence electrons. The van der Waals surface area contributed by atoms with E-state index in [4.69, 9.17) is 14.7 Å². The highest BCUT2D eigenvalue weighted by atomic mass is 16.6. The molecule has 26 heavy (non-hydrogen) atoms. The molecular formula is C20H28N2O4. The summed E-state index contributed by atoms with van der Waals surface area (Å²) in [7, 11) is 0. The van der Waals surface area contributed by atoms with E-state index >= 15 is 0 Å². The minimum Gasteiger partial charge on any atom is -0.460 e. The van der Waals surface area contributed by atoms with Crippen molar-refractivity contribution in [3.8, 4) is 6.07 Å². The number of carbonyl (C=O) groups is 2. The first kappa shape index (κ1) is 21.5. The van der Waals surface area contributed by atoms with E-state index < -0.39 is 17.3 Å². The summed E-state index contributed by atoms with van der Waals surface area (Å²) >= 11 is 0. The molecule has 0 aliphatic heterocycles. The number of amides is 1. The smallest absolute Gasteiger partial charge is 0.410 e. The predicted molar refractivity (Wildman–Crippen MR) is 98.3 cm³/mol. The topological polar surface area (TPSA) is 79.6 Å². The molecule has 0 atom stereocenters. The zero-order chi connectivity index (χ0) is 20.0. The van der Waals surface area contributed by atoms with Gasteiger partial charge in [0, 0.05) is 13.1 Å². The van der Waals surface area contributed by atoms with Crippen LogP contribution in [0.15, 0.2) is 24.3 Å². The first-order chi connectivity index (χ1) is 11.9. The standard InChI is InChI=1S/C20H28N2O4/c1-19(2,3)25-17(23)11-12-22(18(24)26-20(4,5)6)14-16-9-7-15(13-21)8-10-16/h7-10H,11-12,14H2,1-6H3. The third kappa shape index (κ3) is 8.52. The predicted octanol–water partition coefficient (Wildman–Crippen LogP) is 4.03. The molecule has 0 unspecified atom stereocenters. The first-order valence-corrected chi connectivity index (χ1v) is 8.58. The fourth-order valence-electron chi connectivity index (χ4n) is 2.09. The second-order valence-electron chi connectivity index (χ2n) is 8.05. The van der Waals surface area contributed by atoms with E-state index in [0.717, 1.165) is 5.56 Å². The summed E-state index contributed by atoms with van der Waals surface area (Å²) < 4.78 is 10.7. The van der Waals surface area contributed by atoms with Crippen LogP contribution in [0.4, 0.5) is 4.79 Å². The van der Waals surface area contributed by atoms with Crippen LogP contribution < -0.4 is 0 Å². The highest BCUT2D eigenvalue weighted by Crippen LogP contribution is 2.15. The number of ether oxygens (including phenoxy) is 2. The van der Waals surface area contributed by atoms with E-state index in [1.165, 1.54) is 4.90 Å². The van der Waals surface area contributed by atoms with Gasteiger partial charge in [-0.15, -0.1) is 0 Å². The van der Waals surface area contributed by atoms with Crippen molar-refractivity contribution in [2.45, 2.75) is 65.7 Å². The van der Waals surface area contributed by atoms with Gasteiger partial charge >= 0.3 is 12.1 Å². The summed E-state index contributed by atoms with van der Waals surface area (Å²) in [6.07, 6.45) is -0.419. The summed E-state index contributed by atoms with van der Waals surface area (Å²) in [6.45, 7) is 11.2. The number of nitriles is 1. The molecule has 0 aliphatic rings. The molecule has 1 aromatic rings. The molecule has 0 N–H and O–H groups in total. The monoisotopic (exact) mass is 360 g/mol. The molecule has 1 amide bonds. The van der Waals surface area contributed by atoms with Gasteiger partial charge in [0.2, 0.25) is 0 Å². The fraction of sp³-hybridized carbons (Fsp3) is 0.550. The van der Waals surface area contributed by atoms with E-state index in [1.54, 1.807) is 65.8 Å². The zero-order valence-electron chi connectivity index (χ0n) is 16.5. The lowest BCUT2D eigenvalue weighted by Gasteiger charge is -2.28. The molecule has 0 fully saturated rings. The molecule has 0 heterocycles. The van der Waals surface area contributed by atoms with Gasteiger partial charge in [0.1, 0.15) is 11.2 Å². The van der Waals surface area contributed by atoms with Gasteiger partial charge in [0.05, 0.1) is 18.1 Å². The molecule has 1 rings (SSSR count). The molecule has 0 radical (unpaired) electrons. The Hall–Kier alpha value is -2.55. The number of rotatable bonds is 5. The van der Waals surface area contributed by atoms with Crippen molar-refractivity contribution in [2.75, 3.05) is 6.54 Å². The van der Waals surface area contributed by atoms with E-state index in [9.17, 15) is 9.59 Å². The minimum atomic E-state index is -0.633. The van der Waals surface area contributed by atoms with Crippen molar-refractivity contribution in [1.29, 1.82) is 5.26 Å². The van der Waals surface area contributed by atoms with Gasteiger partial charge in [-0.25, -0.2) is 4.79 Å². The van der Waals surface area contributed by atoms with Gasteiger partial charge in [0.25, 0.3) is 0 Å². The number of nitrogens with zero attached hydrogens (tertiary/aromatic N) is 2. The Kier molecular flexibility index (Phi) is 7.19. The van der Waals surface area contributed by atoms with Crippen LogP contribution >= 0.6 is 0 Å². The second kappa shape index (κ2) is 8.70. The summed E-state index contributed by atoms with van der Waals surface area (Å²) in [6, 6.07) is 9.00. The zero-order valence-corrected chi connectivity index (χ0v) is 16.5. The molecule has 0 saturated carbocycles. The van der Waals surface area contributed by atoms with Gasteiger partial charge in [-0.2, -0.15) is 5.26 Å². The number of hydrogen-bond donors (Lipinski definition) is 0. The minimum absolute atomic E-state index is 0.0762. The lowest BCUT2D eigenvalue weighted by Crippen LogP contribution is -2.38. The Bertz CT molecular complexity index is 661. The summed E-state index contributed by atoms with van der Waals surface area (Å²) in [5.74, 6) is -0.370. The molecule has 0 aliphatic carbocycles. The first-order valence-electron chi connectivity index (χ1n) is 8.58. The SMILES string of the molecule is CC(C)(C)OC(=O)CCN(Cc1ccc(C#N)cc1)C(=O)OC(C)(C)C. The largest absolute Gasteiger partial charge is 0.460 e. The Balaban J connectivity index is 2.82. The van der Waals surface area contributed by atoms with Crippen LogP contribution in [0.25, 0.3) is 0 Å². The molecule has 0 spiro atoms. The summed E-state index contributed by atoms with van der Waals surface area (Å²) in [4.78, 5) is 25.9. The van der Waals surface area contributed by atoms with Crippen LogP contribution in [-0.4, -0.2) is 34.7 Å². The number of esters is 1. The van der Waals surface area contributed by atoms with Crippen LogP contribution in [0.5, 0.6) is 0 Å². The average Bonchev–Trinajstić information content (AvgIpc) is 2.48. The van der Waals surface area contributed by atoms with Crippen molar-refractivity contribution < 1.29 is 19.1 Å². The lowest BCUT2D eigenvalue weighted by atomic mass is 10.1. The quantitative estimate of drug-likeness (QED) is 0.741. The normalized spacial score (nSPS) is 11.4. The van der Waals surface area contributed by atoms with Gasteiger partial charge in [-0.3, -0.25) is 4.79 Å². The van der Waals surface area contributed by atoms with Crippen LogP contribution in [0, 0.1) is 11.3 Å². The molecular weight excluding hydrogens is 332 g/mol. The molecule has 6 heteroatoms. The van der Waals surface area contributed by atoms with Gasteiger partial charge in [-0.05, 0) is 59.2 Å².